The van der Waals surface area contributed by atoms with Crippen LogP contribution in [-0.4, -0.2) is 187 Å². The third-order valence-electron chi connectivity index (χ3n) is 22.0. The topological polar surface area (TPSA) is 472 Å². The molecule has 22 heterocycles. The first kappa shape index (κ1) is 89.6. The molecule has 1 atom stereocenters. The van der Waals surface area contributed by atoms with Crippen molar-refractivity contribution in [3.63, 3.8) is 0 Å². The van der Waals surface area contributed by atoms with Crippen LogP contribution in [0.4, 0.5) is 54.8 Å². The van der Waals surface area contributed by atoms with E-state index in [1.54, 1.807) is 35.9 Å². The van der Waals surface area contributed by atoms with Crippen molar-refractivity contribution >= 4 is 140 Å². The summed E-state index contributed by atoms with van der Waals surface area (Å²) in [4.78, 5) is 51.0. The number of rotatable bonds is 23. The lowest BCUT2D eigenvalue weighted by atomic mass is 10.1. The number of nitrogens with two attached hydrogens (primary N) is 3. The third kappa shape index (κ3) is 20.0. The standard InChI is InChI=1S/C21H21N9.2C19H20N8S.2C16H18N8S/c1-28-12-15(10-25-28)19-11-24-21-20(27-17(6-7-22)13-30(19)21)26-16-2-4-18(5-3-16)29-9-8-23-14-29;1-12-7-17(28-25-12)24-18-19-21-9-16(14-8-22-26(2)10-14)27(19)11-15(23-18)13-3-5-20-6-4-13;1-12-6-17(28-25-12)24-18-19-21-9-16(14-8-22-26(2)10-14)27(19)11-15(23-18)13-4-3-5-20-7-13;1-9-4-14(25-22-9)21-15-16-18-6-13(11-5-19-23(3)7-11)24(16)8-12(20-15)10(2)17;1-10-5-14(25-22-10)21-15-16-18-7-13(11-6-19-23(2)8-11)24(16)9-12(20-15)3-4-17/h2-5,8-14H,6-7,22H2,1H3,(H,26,27);3,7-11,20H,4-6H2,1-2H3,(H,23,24);4,6,8-11,20H,3,5,7H2,1-2H3,(H,23,24);4-8,10H,17H2,1-3H3,(H,20,21);5-9H,3-4,17H2,1-2H3,(H,20,21). The van der Waals surface area contributed by atoms with E-state index >= 15 is 0 Å². The highest BCUT2D eigenvalue weighted by atomic mass is 32.1. The van der Waals surface area contributed by atoms with E-state index in [1.807, 2.05) is 254 Å². The Kier molecular flexibility index (Phi) is 26.1. The second-order valence-corrected chi connectivity index (χ2v) is 35.8. The van der Waals surface area contributed by atoms with Gasteiger partial charge in [0.15, 0.2) is 57.3 Å². The van der Waals surface area contributed by atoms with Crippen molar-refractivity contribution in [1.82, 2.24) is 158 Å². The van der Waals surface area contributed by atoms with Gasteiger partial charge in [-0.15, -0.1) is 0 Å². The predicted molar refractivity (Wildman–Crippen MR) is 532 cm³/mol. The number of nitrogens with zero attached hydrogens (tertiary/aromatic N) is 31. The number of hydrogen-bond acceptors (Lipinski definition) is 34. The summed E-state index contributed by atoms with van der Waals surface area (Å²) in [5.74, 6) is 3.50. The smallest absolute Gasteiger partial charge is 0.181 e. The summed E-state index contributed by atoms with van der Waals surface area (Å²) in [5, 5.41) is 48.8. The van der Waals surface area contributed by atoms with E-state index < -0.39 is 0 Å². The van der Waals surface area contributed by atoms with Crippen molar-refractivity contribution < 1.29 is 0 Å². The van der Waals surface area contributed by atoms with Gasteiger partial charge in [-0.3, -0.25) is 45.4 Å². The van der Waals surface area contributed by atoms with Crippen molar-refractivity contribution in [2.24, 2.45) is 52.4 Å². The van der Waals surface area contributed by atoms with Crippen LogP contribution in [0, 0.1) is 27.7 Å². The van der Waals surface area contributed by atoms with Crippen LogP contribution in [0.1, 0.15) is 77.1 Å². The fourth-order valence-corrected chi connectivity index (χ4v) is 18.1. The highest BCUT2D eigenvalue weighted by Gasteiger charge is 2.24. The lowest BCUT2D eigenvalue weighted by Crippen LogP contribution is -2.22. The van der Waals surface area contributed by atoms with E-state index in [4.69, 9.17) is 37.1 Å². The van der Waals surface area contributed by atoms with Gasteiger partial charge in [0.25, 0.3) is 0 Å². The minimum atomic E-state index is -0.197. The molecule has 0 aliphatic carbocycles. The predicted octanol–water partition coefficient (Wildman–Crippen LogP) is 13.4. The molecule has 0 saturated heterocycles. The number of aromatic nitrogens is 31. The zero-order valence-electron chi connectivity index (χ0n) is 75.9. The van der Waals surface area contributed by atoms with E-state index in [-0.39, 0.29) is 6.04 Å². The second kappa shape index (κ2) is 39.7. The summed E-state index contributed by atoms with van der Waals surface area (Å²) < 4.78 is 38.4. The van der Waals surface area contributed by atoms with Gasteiger partial charge in [0.05, 0.1) is 148 Å². The molecule has 0 fully saturated rings. The lowest BCUT2D eigenvalue weighted by molar-refractivity contribution is 0.736. The van der Waals surface area contributed by atoms with E-state index in [0.717, 1.165) is 218 Å². The molecule has 0 radical (unpaired) electrons. The molecule has 0 bridgehead atoms. The van der Waals surface area contributed by atoms with E-state index in [9.17, 15) is 0 Å². The molecule has 0 amide bonds. The average molecular weight is 1890 g/mol. The molecule has 23 rings (SSSR count). The van der Waals surface area contributed by atoms with Crippen molar-refractivity contribution in [3.05, 3.63) is 255 Å². The maximum Gasteiger partial charge on any atom is 0.181 e. The molecule has 2 aliphatic rings. The van der Waals surface area contributed by atoms with Crippen LogP contribution in [0.3, 0.4) is 0 Å². The minimum absolute atomic E-state index is 0.197. The molecule has 21 aromatic rings. The number of fused-ring (bicyclic) bond motifs is 5. The Hall–Kier alpha value is -15.6. The van der Waals surface area contributed by atoms with Crippen LogP contribution in [0.2, 0.25) is 0 Å². The molecule has 136 heavy (non-hydrogen) atoms. The van der Waals surface area contributed by atoms with Gasteiger partial charge in [0, 0.05) is 181 Å². The molecular formula is C91H97N41S4. The van der Waals surface area contributed by atoms with E-state index in [2.05, 4.69) is 148 Å². The molecule has 0 saturated carbocycles. The van der Waals surface area contributed by atoms with Gasteiger partial charge in [0.2, 0.25) is 0 Å². The summed E-state index contributed by atoms with van der Waals surface area (Å²) >= 11 is 5.64. The minimum Gasteiger partial charge on any atom is -0.337 e. The van der Waals surface area contributed by atoms with Crippen molar-refractivity contribution in [1.29, 1.82) is 0 Å². The molecule has 1 unspecified atom stereocenters. The summed E-state index contributed by atoms with van der Waals surface area (Å²) in [6.45, 7) is 14.5. The number of imidazole rings is 6. The zero-order chi connectivity index (χ0) is 93.6. The van der Waals surface area contributed by atoms with Crippen LogP contribution in [0.15, 0.2) is 203 Å². The Morgan fingerprint density at radius 1 is 0.412 bits per heavy atom. The van der Waals surface area contributed by atoms with Crippen LogP contribution >= 0.6 is 46.1 Å². The van der Waals surface area contributed by atoms with Crippen LogP contribution in [-0.2, 0) is 48.1 Å². The fraction of sp³-hybridized carbons (Fsp3) is 0.231. The second-order valence-electron chi connectivity index (χ2n) is 32.5. The largest absolute Gasteiger partial charge is 0.337 e. The van der Waals surface area contributed by atoms with E-state index in [1.165, 1.54) is 57.3 Å². The Balaban J connectivity index is 0.000000109. The molecule has 20 aromatic heterocycles. The van der Waals surface area contributed by atoms with Crippen LogP contribution in [0.25, 0.3) is 101 Å². The van der Waals surface area contributed by atoms with Crippen molar-refractivity contribution in [3.8, 4) is 62.0 Å². The van der Waals surface area contributed by atoms with Gasteiger partial charge in [-0.25, -0.2) is 54.8 Å². The number of anilines is 10. The first-order chi connectivity index (χ1) is 66.2. The normalized spacial score (nSPS) is 12.8. The molecule has 45 heteroatoms. The Morgan fingerprint density at radius 3 is 1.12 bits per heavy atom. The molecule has 13 N–H and O–H groups in total. The summed E-state index contributed by atoms with van der Waals surface area (Å²) in [7, 11) is 9.51. The maximum atomic E-state index is 6.08. The Morgan fingerprint density at radius 2 is 0.787 bits per heavy atom. The highest BCUT2D eigenvalue weighted by molar-refractivity contribution is 7.11. The number of aryl methyl sites for hydroxylation is 9. The van der Waals surface area contributed by atoms with Gasteiger partial charge in [-0.05, 0) is 179 Å². The first-order valence-corrected chi connectivity index (χ1v) is 46.8. The van der Waals surface area contributed by atoms with Gasteiger partial charge in [-0.2, -0.15) is 43.0 Å². The Labute approximate surface area is 794 Å². The monoisotopic (exact) mass is 1890 g/mol. The fourth-order valence-electron chi connectivity index (χ4n) is 15.5. The first-order valence-electron chi connectivity index (χ1n) is 43.7. The Bertz CT molecular complexity index is 7640. The molecule has 0 spiro atoms. The van der Waals surface area contributed by atoms with Gasteiger partial charge < -0.3 is 59.0 Å². The molecular weight excluding hydrogens is 1800 g/mol. The molecule has 1 aromatic carbocycles. The summed E-state index contributed by atoms with van der Waals surface area (Å²) in [5.41, 5.74) is 44.0. The summed E-state index contributed by atoms with van der Waals surface area (Å²) in [6, 6.07) is 15.9. The highest BCUT2D eigenvalue weighted by Crippen LogP contribution is 2.37. The van der Waals surface area contributed by atoms with Gasteiger partial charge in [-0.1, -0.05) is 12.2 Å². The number of hydrogen-bond donors (Lipinski definition) is 10. The zero-order valence-corrected chi connectivity index (χ0v) is 79.2. The molecule has 2 aliphatic heterocycles. The molecule has 41 nitrogen and oxygen atoms in total. The van der Waals surface area contributed by atoms with Crippen molar-refractivity contribution in [2.45, 2.75) is 66.3 Å². The average Bonchev–Trinajstić information content (AvgIpc) is 1.65. The lowest BCUT2D eigenvalue weighted by Gasteiger charge is -2.16. The quantitative estimate of drug-likeness (QED) is 0.0284. The van der Waals surface area contributed by atoms with Gasteiger partial charge >= 0.3 is 0 Å². The summed E-state index contributed by atoms with van der Waals surface area (Å²) in [6.07, 6.45) is 51.6. The third-order valence-corrected chi connectivity index (χ3v) is 25.2. The SMILES string of the molecule is Cc1cc(Nc2nc(C(C)N)cn3c(-c4cnn(C)c4)cnc23)sn1.Cc1cc(Nc2nc(C3=CCCNC3)cn3c(-c4cnn(C)c4)cnc23)sn1.Cc1cc(Nc2nc(C3=CCNCC3)cn3c(-c4cnn(C)c4)cnc23)sn1.Cc1cc(Nc2nc(CCN)cn3c(-c4cnn(C)c4)cnc23)sn1.Cn1cc(-c2cnc3c(Nc4ccc(-n5ccnc5)cc4)nc(CCN)cn23)cn1. The van der Waals surface area contributed by atoms with Crippen molar-refractivity contribution in [2.75, 3.05) is 65.9 Å². The number of benzene rings is 1. The van der Waals surface area contributed by atoms with Gasteiger partial charge in [0.1, 0.15) is 20.0 Å². The maximum absolute atomic E-state index is 6.08. The van der Waals surface area contributed by atoms with Crippen LogP contribution < -0.4 is 54.4 Å². The van der Waals surface area contributed by atoms with Crippen LogP contribution in [0.5, 0.6) is 0 Å². The van der Waals surface area contributed by atoms with E-state index in [0.29, 0.717) is 43.4 Å². The molecule has 690 valence electrons. The number of nitrogens with one attached hydrogen (secondary N) is 7.